The summed E-state index contributed by atoms with van der Waals surface area (Å²) in [5.74, 6) is 0. The number of halogens is 1. The average molecular weight is 343 g/mol. The minimum Gasteiger partial charge on any atom is -0.295 e. The molecule has 2 heterocycles. The Hall–Kier alpha value is -0.720. The van der Waals surface area contributed by atoms with Gasteiger partial charge in [0, 0.05) is 25.5 Å². The first-order chi connectivity index (χ1) is 9.01. The van der Waals surface area contributed by atoms with Crippen molar-refractivity contribution < 1.29 is 0 Å². The molecule has 2 aromatic heterocycles. The fourth-order valence-corrected chi connectivity index (χ4v) is 3.41. The molecule has 0 amide bonds. The van der Waals surface area contributed by atoms with Gasteiger partial charge in [-0.3, -0.25) is 9.58 Å². The number of aryl methyl sites for hydroxylation is 3. The van der Waals surface area contributed by atoms with Gasteiger partial charge in [0.25, 0.3) is 0 Å². The smallest absolute Gasteiger partial charge is 0.0897 e. The zero-order chi connectivity index (χ0) is 14.0. The van der Waals surface area contributed by atoms with Crippen molar-refractivity contribution in [1.82, 2.24) is 19.7 Å². The zero-order valence-electron chi connectivity index (χ0n) is 11.8. The Kier molecular flexibility index (Phi) is 4.76. The average Bonchev–Trinajstić information content (AvgIpc) is 2.87. The molecule has 0 radical (unpaired) electrons. The molecule has 6 heteroatoms. The summed E-state index contributed by atoms with van der Waals surface area (Å²) in [6, 6.07) is 0. The molecule has 0 atom stereocenters. The Balaban J connectivity index is 2.06. The first-order valence-corrected chi connectivity index (χ1v) is 7.98. The Labute approximate surface area is 126 Å². The Morgan fingerprint density at radius 1 is 1.42 bits per heavy atom. The molecule has 0 aliphatic heterocycles. The Bertz CT molecular complexity index is 561. The summed E-state index contributed by atoms with van der Waals surface area (Å²) >= 11 is 5.36. The van der Waals surface area contributed by atoms with Crippen LogP contribution in [0.3, 0.4) is 0 Å². The summed E-state index contributed by atoms with van der Waals surface area (Å²) in [4.78, 5) is 6.76. The summed E-state index contributed by atoms with van der Waals surface area (Å²) in [5, 5.41) is 7.77. The molecule has 0 aliphatic rings. The Morgan fingerprint density at radius 2 is 2.16 bits per heavy atom. The second-order valence-corrected chi connectivity index (χ2v) is 6.57. The van der Waals surface area contributed by atoms with Gasteiger partial charge >= 0.3 is 0 Å². The topological polar surface area (TPSA) is 34.0 Å². The van der Waals surface area contributed by atoms with E-state index < -0.39 is 0 Å². The lowest BCUT2D eigenvalue weighted by Gasteiger charge is -2.15. The molecule has 0 saturated carbocycles. The number of aromatic nitrogens is 3. The van der Waals surface area contributed by atoms with E-state index >= 15 is 0 Å². The monoisotopic (exact) mass is 342 g/mol. The summed E-state index contributed by atoms with van der Waals surface area (Å²) in [6.07, 6.45) is 0.948. The predicted octanol–water partition coefficient (Wildman–Crippen LogP) is 3.14. The van der Waals surface area contributed by atoms with Crippen LogP contribution in [-0.4, -0.2) is 26.7 Å². The molecule has 19 heavy (non-hydrogen) atoms. The summed E-state index contributed by atoms with van der Waals surface area (Å²) in [5.41, 5.74) is 3.47. The standard InChI is InChI=1S/C13H19BrN4S/c1-5-11-13(14)12(18(4)16-11)7-17(3)6-10-8-19-9(2)15-10/h8H,5-7H2,1-4H3. The minimum atomic E-state index is 0.862. The minimum absolute atomic E-state index is 0.862. The van der Waals surface area contributed by atoms with Gasteiger partial charge in [-0.15, -0.1) is 11.3 Å². The molecular formula is C13H19BrN4S. The quantitative estimate of drug-likeness (QED) is 0.836. The molecule has 104 valence electrons. The SMILES string of the molecule is CCc1nn(C)c(CN(C)Cc2csc(C)n2)c1Br. The maximum absolute atomic E-state index is 4.52. The lowest BCUT2D eigenvalue weighted by Crippen LogP contribution is -2.19. The van der Waals surface area contributed by atoms with Crippen LogP contribution in [-0.2, 0) is 26.6 Å². The molecular weight excluding hydrogens is 324 g/mol. The van der Waals surface area contributed by atoms with Gasteiger partial charge in [-0.1, -0.05) is 6.92 Å². The van der Waals surface area contributed by atoms with Crippen LogP contribution in [0.2, 0.25) is 0 Å². The molecule has 0 bridgehead atoms. The molecule has 2 rings (SSSR count). The summed E-state index contributed by atoms with van der Waals surface area (Å²) in [7, 11) is 4.11. The molecule has 0 unspecified atom stereocenters. The molecule has 0 N–H and O–H groups in total. The third-order valence-corrected chi connectivity index (χ3v) is 4.76. The number of hydrogen-bond donors (Lipinski definition) is 0. The Morgan fingerprint density at radius 3 is 2.68 bits per heavy atom. The third kappa shape index (κ3) is 3.43. The second kappa shape index (κ2) is 6.15. The molecule has 0 spiro atoms. The molecule has 0 fully saturated rings. The van der Waals surface area contributed by atoms with Gasteiger partial charge in [0.05, 0.1) is 26.6 Å². The second-order valence-electron chi connectivity index (χ2n) is 4.71. The fraction of sp³-hybridized carbons (Fsp3) is 0.538. The van der Waals surface area contributed by atoms with Crippen molar-refractivity contribution in [2.24, 2.45) is 7.05 Å². The van der Waals surface area contributed by atoms with Crippen molar-refractivity contribution >= 4 is 27.3 Å². The van der Waals surface area contributed by atoms with Crippen LogP contribution < -0.4 is 0 Å². The maximum atomic E-state index is 4.52. The summed E-state index contributed by atoms with van der Waals surface area (Å²) < 4.78 is 3.10. The van der Waals surface area contributed by atoms with Crippen molar-refractivity contribution in [1.29, 1.82) is 0 Å². The molecule has 0 aromatic carbocycles. The first kappa shape index (κ1) is 14.7. The van der Waals surface area contributed by atoms with Crippen LogP contribution in [0.15, 0.2) is 9.85 Å². The van der Waals surface area contributed by atoms with E-state index in [2.05, 4.69) is 50.3 Å². The molecule has 0 saturated heterocycles. The van der Waals surface area contributed by atoms with Gasteiger partial charge in [0.1, 0.15) is 0 Å². The highest BCUT2D eigenvalue weighted by Gasteiger charge is 2.14. The van der Waals surface area contributed by atoms with Gasteiger partial charge in [0.15, 0.2) is 0 Å². The van der Waals surface area contributed by atoms with E-state index in [1.165, 1.54) is 5.69 Å². The van der Waals surface area contributed by atoms with Crippen LogP contribution in [0, 0.1) is 6.92 Å². The lowest BCUT2D eigenvalue weighted by atomic mass is 10.3. The van der Waals surface area contributed by atoms with Crippen LogP contribution in [0.25, 0.3) is 0 Å². The van der Waals surface area contributed by atoms with Crippen LogP contribution in [0.4, 0.5) is 0 Å². The molecule has 0 aliphatic carbocycles. The van der Waals surface area contributed by atoms with E-state index in [0.29, 0.717) is 0 Å². The van der Waals surface area contributed by atoms with Gasteiger partial charge in [0.2, 0.25) is 0 Å². The van der Waals surface area contributed by atoms with Crippen molar-refractivity contribution in [3.05, 3.63) is 31.9 Å². The normalized spacial score (nSPS) is 11.5. The zero-order valence-corrected chi connectivity index (χ0v) is 14.2. The fourth-order valence-electron chi connectivity index (χ4n) is 2.06. The van der Waals surface area contributed by atoms with Gasteiger partial charge in [-0.05, 0) is 36.3 Å². The van der Waals surface area contributed by atoms with E-state index in [1.54, 1.807) is 11.3 Å². The lowest BCUT2D eigenvalue weighted by molar-refractivity contribution is 0.305. The van der Waals surface area contributed by atoms with E-state index in [1.807, 2.05) is 18.7 Å². The van der Waals surface area contributed by atoms with Gasteiger partial charge < -0.3 is 0 Å². The maximum Gasteiger partial charge on any atom is 0.0897 e. The highest BCUT2D eigenvalue weighted by Crippen LogP contribution is 2.23. The van der Waals surface area contributed by atoms with Crippen molar-refractivity contribution in [3.63, 3.8) is 0 Å². The molecule has 2 aromatic rings. The van der Waals surface area contributed by atoms with E-state index in [-0.39, 0.29) is 0 Å². The highest BCUT2D eigenvalue weighted by atomic mass is 79.9. The predicted molar refractivity (Wildman–Crippen MR) is 82.3 cm³/mol. The number of hydrogen-bond acceptors (Lipinski definition) is 4. The number of thiazole rings is 1. The van der Waals surface area contributed by atoms with Crippen LogP contribution in [0.1, 0.15) is 29.0 Å². The van der Waals surface area contributed by atoms with Gasteiger partial charge in [-0.25, -0.2) is 4.98 Å². The number of nitrogens with zero attached hydrogens (tertiary/aromatic N) is 4. The molecule has 4 nitrogen and oxygen atoms in total. The first-order valence-electron chi connectivity index (χ1n) is 6.31. The van der Waals surface area contributed by atoms with Crippen molar-refractivity contribution in [2.75, 3.05) is 7.05 Å². The van der Waals surface area contributed by atoms with Crippen LogP contribution >= 0.6 is 27.3 Å². The third-order valence-electron chi connectivity index (χ3n) is 3.02. The van der Waals surface area contributed by atoms with Gasteiger partial charge in [-0.2, -0.15) is 5.10 Å². The summed E-state index contributed by atoms with van der Waals surface area (Å²) in [6.45, 7) is 5.89. The highest BCUT2D eigenvalue weighted by molar-refractivity contribution is 9.10. The van der Waals surface area contributed by atoms with E-state index in [9.17, 15) is 0 Å². The van der Waals surface area contributed by atoms with E-state index in [0.717, 1.165) is 40.4 Å². The van der Waals surface area contributed by atoms with E-state index in [4.69, 9.17) is 0 Å². The van der Waals surface area contributed by atoms with Crippen molar-refractivity contribution in [2.45, 2.75) is 33.4 Å². The largest absolute Gasteiger partial charge is 0.295 e. The van der Waals surface area contributed by atoms with Crippen molar-refractivity contribution in [3.8, 4) is 0 Å². The van der Waals surface area contributed by atoms with Crippen LogP contribution in [0.5, 0.6) is 0 Å². The number of rotatable bonds is 5.